The summed E-state index contributed by atoms with van der Waals surface area (Å²) >= 11 is 6.08. The van der Waals surface area contributed by atoms with Gasteiger partial charge in [-0.2, -0.15) is 5.10 Å². The maximum Gasteiger partial charge on any atom is 0.329 e. The van der Waals surface area contributed by atoms with Gasteiger partial charge in [0.15, 0.2) is 18.1 Å². The molecule has 3 aromatic rings. The normalized spacial score (nSPS) is 11.8. The zero-order chi connectivity index (χ0) is 27.1. The molecule has 0 aliphatic carbocycles. The van der Waals surface area contributed by atoms with Crippen molar-refractivity contribution in [3.8, 4) is 17.2 Å². The summed E-state index contributed by atoms with van der Waals surface area (Å²) in [5.41, 5.74) is 6.03. The molecule has 0 fully saturated rings. The van der Waals surface area contributed by atoms with E-state index in [4.69, 9.17) is 25.8 Å². The van der Waals surface area contributed by atoms with Crippen molar-refractivity contribution in [3.63, 3.8) is 0 Å². The number of amides is 3. The number of hydrogen-bond acceptors (Lipinski definition) is 7. The van der Waals surface area contributed by atoms with E-state index in [-0.39, 0.29) is 25.9 Å². The highest BCUT2D eigenvalue weighted by molar-refractivity contribution is 6.35. The van der Waals surface area contributed by atoms with Gasteiger partial charge in [-0.05, 0) is 61.4 Å². The van der Waals surface area contributed by atoms with Gasteiger partial charge < -0.3 is 24.8 Å². The van der Waals surface area contributed by atoms with Gasteiger partial charge in [-0.3, -0.25) is 14.4 Å². The monoisotopic (exact) mass is 536 g/mol. The number of carbonyl (C=O) groups is 3. The van der Waals surface area contributed by atoms with Crippen LogP contribution in [0.15, 0.2) is 59.7 Å². The average Bonchev–Trinajstić information content (AvgIpc) is 3.36. The first kappa shape index (κ1) is 26.5. The number of rotatable bonds is 8. The summed E-state index contributed by atoms with van der Waals surface area (Å²) in [6.45, 7) is 3.88. The average molecular weight is 537 g/mol. The molecule has 1 aliphatic rings. The number of anilines is 1. The van der Waals surface area contributed by atoms with E-state index in [0.29, 0.717) is 33.5 Å². The molecule has 3 aromatic carbocycles. The number of ether oxygens (including phenoxy) is 3. The second kappa shape index (κ2) is 12.1. The van der Waals surface area contributed by atoms with Gasteiger partial charge >= 0.3 is 11.8 Å². The van der Waals surface area contributed by atoms with Crippen LogP contribution in [0, 0.1) is 13.8 Å². The first-order chi connectivity index (χ1) is 18.3. The van der Waals surface area contributed by atoms with E-state index in [1.807, 2.05) is 32.0 Å². The van der Waals surface area contributed by atoms with Crippen molar-refractivity contribution in [1.82, 2.24) is 10.7 Å². The predicted octanol–water partition coefficient (Wildman–Crippen LogP) is 3.47. The summed E-state index contributed by atoms with van der Waals surface area (Å²) in [7, 11) is 0. The van der Waals surface area contributed by atoms with Crippen LogP contribution in [0.2, 0.25) is 5.02 Å². The van der Waals surface area contributed by atoms with Gasteiger partial charge in [0.25, 0.3) is 5.91 Å². The number of aryl methyl sites for hydroxylation is 2. The largest absolute Gasteiger partial charge is 0.483 e. The van der Waals surface area contributed by atoms with Gasteiger partial charge in [0.05, 0.1) is 6.21 Å². The molecular formula is C27H25ClN4O6. The quantitative estimate of drug-likeness (QED) is 0.230. The van der Waals surface area contributed by atoms with E-state index in [1.165, 1.54) is 6.21 Å². The van der Waals surface area contributed by atoms with Crippen LogP contribution in [0.4, 0.5) is 5.69 Å². The Morgan fingerprint density at radius 3 is 2.63 bits per heavy atom. The molecule has 0 spiro atoms. The van der Waals surface area contributed by atoms with Crippen molar-refractivity contribution in [2.75, 3.05) is 18.7 Å². The van der Waals surface area contributed by atoms with Crippen molar-refractivity contribution in [2.45, 2.75) is 20.4 Å². The van der Waals surface area contributed by atoms with Gasteiger partial charge in [0.2, 0.25) is 6.79 Å². The summed E-state index contributed by atoms with van der Waals surface area (Å²) in [6.07, 6.45) is 1.27. The summed E-state index contributed by atoms with van der Waals surface area (Å²) in [6, 6.07) is 15.6. The zero-order valence-corrected chi connectivity index (χ0v) is 21.4. The van der Waals surface area contributed by atoms with E-state index in [9.17, 15) is 14.4 Å². The van der Waals surface area contributed by atoms with Gasteiger partial charge in [-0.25, -0.2) is 5.43 Å². The number of hydrogen-bond donors (Lipinski definition) is 3. The molecular weight excluding hydrogens is 512 g/mol. The smallest absolute Gasteiger partial charge is 0.329 e. The fourth-order valence-electron chi connectivity index (χ4n) is 3.56. The fraction of sp³-hybridized carbons (Fsp3) is 0.185. The Labute approximate surface area is 223 Å². The molecule has 0 saturated heterocycles. The highest BCUT2D eigenvalue weighted by atomic mass is 35.5. The minimum Gasteiger partial charge on any atom is -0.483 e. The molecule has 0 atom stereocenters. The van der Waals surface area contributed by atoms with Gasteiger partial charge in [0, 0.05) is 22.8 Å². The molecule has 0 unspecified atom stereocenters. The van der Waals surface area contributed by atoms with Crippen molar-refractivity contribution >= 4 is 41.2 Å². The van der Waals surface area contributed by atoms with Crippen molar-refractivity contribution in [2.24, 2.45) is 5.10 Å². The van der Waals surface area contributed by atoms with Crippen LogP contribution in [0.3, 0.4) is 0 Å². The maximum absolute atomic E-state index is 12.4. The highest BCUT2D eigenvalue weighted by Crippen LogP contribution is 2.32. The molecule has 1 aliphatic heterocycles. The number of nitrogens with one attached hydrogen (secondary N) is 3. The van der Waals surface area contributed by atoms with Crippen molar-refractivity contribution in [3.05, 3.63) is 81.9 Å². The summed E-state index contributed by atoms with van der Waals surface area (Å²) in [5, 5.41) is 9.53. The van der Waals surface area contributed by atoms with Gasteiger partial charge in [0.1, 0.15) is 5.75 Å². The van der Waals surface area contributed by atoms with Crippen LogP contribution < -0.4 is 30.3 Å². The SMILES string of the molecule is Cc1ccc(NC(=O)COc2ccc(Cl)cc2/C=N\NC(=O)C(=O)NCc2ccc3c(c2)OCO3)c(C)c1. The van der Waals surface area contributed by atoms with Crippen molar-refractivity contribution < 1.29 is 28.6 Å². The Morgan fingerprint density at radius 2 is 1.82 bits per heavy atom. The third-order valence-corrected chi connectivity index (χ3v) is 5.69. The number of fused-ring (bicyclic) bond motifs is 1. The predicted molar refractivity (Wildman–Crippen MR) is 142 cm³/mol. The third-order valence-electron chi connectivity index (χ3n) is 5.45. The Kier molecular flexibility index (Phi) is 8.44. The number of benzene rings is 3. The lowest BCUT2D eigenvalue weighted by Crippen LogP contribution is -2.37. The minimum atomic E-state index is -0.959. The summed E-state index contributed by atoms with van der Waals surface area (Å²) in [4.78, 5) is 36.7. The standard InChI is InChI=1S/C27H25ClN4O6/c1-16-3-6-21(17(2)9-16)31-25(33)14-36-22-8-5-20(28)11-19(22)13-30-32-27(35)26(34)29-12-18-4-7-23-24(10-18)38-15-37-23/h3-11,13H,12,14-15H2,1-2H3,(H,29,34)(H,31,33)(H,32,35)/b30-13-. The van der Waals surface area contributed by atoms with Gasteiger partial charge in [-0.15, -0.1) is 0 Å². The second-order valence-electron chi connectivity index (χ2n) is 8.41. The first-order valence-corrected chi connectivity index (χ1v) is 12.0. The minimum absolute atomic E-state index is 0.114. The fourth-order valence-corrected chi connectivity index (χ4v) is 3.74. The number of hydrazone groups is 1. The van der Waals surface area contributed by atoms with E-state index >= 15 is 0 Å². The Morgan fingerprint density at radius 1 is 1.00 bits per heavy atom. The van der Waals surface area contributed by atoms with Crippen LogP contribution in [0.5, 0.6) is 17.2 Å². The van der Waals surface area contributed by atoms with E-state index in [1.54, 1.807) is 36.4 Å². The molecule has 0 aromatic heterocycles. The van der Waals surface area contributed by atoms with Gasteiger partial charge in [-0.1, -0.05) is 35.4 Å². The van der Waals surface area contributed by atoms with E-state index in [0.717, 1.165) is 16.7 Å². The number of halogens is 1. The maximum atomic E-state index is 12.4. The van der Waals surface area contributed by atoms with Crippen LogP contribution in [0.25, 0.3) is 0 Å². The molecule has 1 heterocycles. The first-order valence-electron chi connectivity index (χ1n) is 11.6. The van der Waals surface area contributed by atoms with E-state index < -0.39 is 11.8 Å². The lowest BCUT2D eigenvalue weighted by Gasteiger charge is -2.12. The van der Waals surface area contributed by atoms with E-state index in [2.05, 4.69) is 21.2 Å². The Bertz CT molecular complexity index is 1410. The summed E-state index contributed by atoms with van der Waals surface area (Å²) in [5.74, 6) is -0.658. The second-order valence-corrected chi connectivity index (χ2v) is 8.84. The van der Waals surface area contributed by atoms with Crippen LogP contribution >= 0.6 is 11.6 Å². The molecule has 0 saturated carbocycles. The Hall–Kier alpha value is -4.57. The molecule has 10 nitrogen and oxygen atoms in total. The topological polar surface area (TPSA) is 127 Å². The number of carbonyl (C=O) groups excluding carboxylic acids is 3. The highest BCUT2D eigenvalue weighted by Gasteiger charge is 2.16. The zero-order valence-electron chi connectivity index (χ0n) is 20.7. The molecule has 196 valence electrons. The molecule has 11 heteroatoms. The van der Waals surface area contributed by atoms with Crippen LogP contribution in [0.1, 0.15) is 22.3 Å². The third kappa shape index (κ3) is 7.01. The van der Waals surface area contributed by atoms with Crippen LogP contribution in [-0.2, 0) is 20.9 Å². The molecule has 3 N–H and O–H groups in total. The molecule has 0 bridgehead atoms. The molecule has 38 heavy (non-hydrogen) atoms. The number of nitrogens with zero attached hydrogens (tertiary/aromatic N) is 1. The summed E-state index contributed by atoms with van der Waals surface area (Å²) < 4.78 is 16.2. The molecule has 3 amide bonds. The molecule has 4 rings (SSSR count). The van der Waals surface area contributed by atoms with Crippen LogP contribution in [-0.4, -0.2) is 37.3 Å². The lowest BCUT2D eigenvalue weighted by atomic mass is 10.1. The molecule has 0 radical (unpaired) electrons. The Balaban J connectivity index is 1.29. The van der Waals surface area contributed by atoms with Crippen molar-refractivity contribution in [1.29, 1.82) is 0 Å². The lowest BCUT2D eigenvalue weighted by molar-refractivity contribution is -0.139.